The number of carbonyl (C=O) groups is 1. The molecule has 0 aliphatic heterocycles. The van der Waals surface area contributed by atoms with Crippen molar-refractivity contribution in [2.45, 2.75) is 33.2 Å². The van der Waals surface area contributed by atoms with Crippen LogP contribution in [0.5, 0.6) is 11.5 Å². The van der Waals surface area contributed by atoms with E-state index in [4.69, 9.17) is 15.2 Å². The second-order valence-corrected chi connectivity index (χ2v) is 6.63. The van der Waals surface area contributed by atoms with Crippen molar-refractivity contribution in [1.82, 2.24) is 9.55 Å². The molecule has 0 saturated carbocycles. The fourth-order valence-electron chi connectivity index (χ4n) is 3.04. The van der Waals surface area contributed by atoms with Gasteiger partial charge >= 0.3 is 5.69 Å². The van der Waals surface area contributed by atoms with Crippen LogP contribution in [0.25, 0.3) is 0 Å². The number of aromatic amines is 1. The van der Waals surface area contributed by atoms with Gasteiger partial charge in [-0.05, 0) is 25.5 Å². The topological polar surface area (TPSA) is 132 Å². The van der Waals surface area contributed by atoms with Crippen molar-refractivity contribution in [3.05, 3.63) is 39.0 Å². The average molecular weight is 419 g/mol. The zero-order chi connectivity index (χ0) is 22.3. The Morgan fingerprint density at radius 2 is 1.97 bits per heavy atom. The summed E-state index contributed by atoms with van der Waals surface area (Å²) in [6.07, 6.45) is 1.60. The molecule has 4 N–H and O–H groups in total. The Labute approximate surface area is 174 Å². The van der Waals surface area contributed by atoms with E-state index in [1.807, 2.05) is 6.92 Å². The number of hydrogen-bond acceptors (Lipinski definition) is 7. The molecule has 0 saturated heterocycles. The second-order valence-electron chi connectivity index (χ2n) is 6.63. The highest BCUT2D eigenvalue weighted by atomic mass is 16.5. The molecule has 0 aliphatic rings. The van der Waals surface area contributed by atoms with Crippen molar-refractivity contribution in [3.63, 3.8) is 0 Å². The van der Waals surface area contributed by atoms with Crippen LogP contribution in [0.4, 0.5) is 17.2 Å². The number of amides is 1. The standard InChI is InChI=1S/C20H29N5O5/c1-5-7-10-25-18(21)17(19(27)23-20(25)28)24(6-2)12-16(26)22-14-11-13(29-3)8-9-15(14)30-4/h8-9,11H,5-7,10,12,21H2,1-4H3,(H,22,26)(H,23,27,28). The van der Waals surface area contributed by atoms with Crippen molar-refractivity contribution in [2.24, 2.45) is 0 Å². The number of H-pyrrole nitrogens is 1. The molecule has 2 rings (SSSR count). The molecule has 0 spiro atoms. The summed E-state index contributed by atoms with van der Waals surface area (Å²) in [6, 6.07) is 5.03. The average Bonchev–Trinajstić information content (AvgIpc) is 2.72. The van der Waals surface area contributed by atoms with Gasteiger partial charge in [-0.25, -0.2) is 4.79 Å². The minimum absolute atomic E-state index is 0.0470. The van der Waals surface area contributed by atoms with E-state index in [0.717, 1.165) is 12.8 Å². The van der Waals surface area contributed by atoms with Crippen LogP contribution in [0, 0.1) is 0 Å². The number of unbranched alkanes of at least 4 members (excludes halogenated alkanes) is 1. The van der Waals surface area contributed by atoms with E-state index in [-0.39, 0.29) is 24.0 Å². The van der Waals surface area contributed by atoms with Gasteiger partial charge in [-0.15, -0.1) is 0 Å². The number of benzene rings is 1. The first kappa shape index (κ1) is 22.9. The molecule has 1 aromatic carbocycles. The largest absolute Gasteiger partial charge is 0.497 e. The number of aromatic nitrogens is 2. The van der Waals surface area contributed by atoms with Gasteiger partial charge in [0.05, 0.1) is 26.5 Å². The molecule has 0 atom stereocenters. The van der Waals surface area contributed by atoms with Crippen LogP contribution < -0.4 is 36.7 Å². The molecule has 30 heavy (non-hydrogen) atoms. The molecule has 1 amide bonds. The molecule has 0 fully saturated rings. The Kier molecular flexibility index (Phi) is 7.90. The maximum Gasteiger partial charge on any atom is 0.330 e. The van der Waals surface area contributed by atoms with Crippen LogP contribution in [0.2, 0.25) is 0 Å². The predicted molar refractivity (Wildman–Crippen MR) is 117 cm³/mol. The van der Waals surface area contributed by atoms with Gasteiger partial charge in [0.25, 0.3) is 5.56 Å². The van der Waals surface area contributed by atoms with E-state index in [1.54, 1.807) is 25.1 Å². The van der Waals surface area contributed by atoms with Crippen molar-refractivity contribution in [1.29, 1.82) is 0 Å². The van der Waals surface area contributed by atoms with Crippen LogP contribution in [-0.2, 0) is 11.3 Å². The summed E-state index contributed by atoms with van der Waals surface area (Å²) in [7, 11) is 3.02. The maximum absolute atomic E-state index is 12.7. The summed E-state index contributed by atoms with van der Waals surface area (Å²) < 4.78 is 11.8. The molecular formula is C20H29N5O5. The molecule has 1 heterocycles. The quantitative estimate of drug-likeness (QED) is 0.530. The number of anilines is 3. The number of likely N-dealkylation sites (N-methyl/N-ethyl adjacent to an activating group) is 1. The van der Waals surface area contributed by atoms with Gasteiger partial charge in [0.1, 0.15) is 23.0 Å². The Morgan fingerprint density at radius 1 is 1.23 bits per heavy atom. The molecular weight excluding hydrogens is 390 g/mol. The summed E-state index contributed by atoms with van der Waals surface area (Å²) in [5, 5.41) is 2.76. The van der Waals surface area contributed by atoms with Gasteiger partial charge in [0.15, 0.2) is 0 Å². The molecule has 0 aliphatic carbocycles. The third kappa shape index (κ3) is 5.13. The number of nitrogen functional groups attached to an aromatic ring is 1. The molecule has 2 aromatic rings. The monoisotopic (exact) mass is 419 g/mol. The Bertz CT molecular complexity index is 998. The van der Waals surface area contributed by atoms with E-state index in [0.29, 0.717) is 30.3 Å². The normalized spacial score (nSPS) is 10.5. The van der Waals surface area contributed by atoms with Crippen LogP contribution >= 0.6 is 0 Å². The van der Waals surface area contributed by atoms with E-state index in [9.17, 15) is 14.4 Å². The van der Waals surface area contributed by atoms with Gasteiger partial charge in [0.2, 0.25) is 5.91 Å². The number of carbonyl (C=O) groups excluding carboxylic acids is 1. The van der Waals surface area contributed by atoms with Gasteiger partial charge in [0, 0.05) is 19.2 Å². The van der Waals surface area contributed by atoms with E-state index < -0.39 is 11.2 Å². The van der Waals surface area contributed by atoms with Crippen LogP contribution in [0.15, 0.2) is 27.8 Å². The molecule has 1 aromatic heterocycles. The number of ether oxygens (including phenoxy) is 2. The first-order valence-electron chi connectivity index (χ1n) is 9.75. The van der Waals surface area contributed by atoms with E-state index in [2.05, 4.69) is 10.3 Å². The lowest BCUT2D eigenvalue weighted by Gasteiger charge is -2.24. The minimum atomic E-state index is -0.626. The molecule has 10 nitrogen and oxygen atoms in total. The highest BCUT2D eigenvalue weighted by molar-refractivity contribution is 5.96. The smallest absolute Gasteiger partial charge is 0.330 e. The van der Waals surface area contributed by atoms with E-state index in [1.165, 1.54) is 23.7 Å². The predicted octanol–water partition coefficient (Wildman–Crippen LogP) is 1.40. The van der Waals surface area contributed by atoms with Crippen molar-refractivity contribution >= 4 is 23.1 Å². The summed E-state index contributed by atoms with van der Waals surface area (Å²) in [5.74, 6) is 0.694. The molecule has 10 heteroatoms. The number of methoxy groups -OCH3 is 2. The van der Waals surface area contributed by atoms with Gasteiger partial charge in [-0.3, -0.25) is 19.1 Å². The summed E-state index contributed by atoms with van der Waals surface area (Å²) in [5.41, 5.74) is 5.50. The summed E-state index contributed by atoms with van der Waals surface area (Å²) >= 11 is 0. The third-order valence-corrected chi connectivity index (χ3v) is 4.66. The van der Waals surface area contributed by atoms with Gasteiger partial charge < -0.3 is 25.4 Å². The minimum Gasteiger partial charge on any atom is -0.497 e. The zero-order valence-corrected chi connectivity index (χ0v) is 17.8. The first-order chi connectivity index (χ1) is 14.4. The summed E-state index contributed by atoms with van der Waals surface area (Å²) in [6.45, 7) is 4.36. The highest BCUT2D eigenvalue weighted by Crippen LogP contribution is 2.29. The van der Waals surface area contributed by atoms with Crippen molar-refractivity contribution in [3.8, 4) is 11.5 Å². The highest BCUT2D eigenvalue weighted by Gasteiger charge is 2.20. The maximum atomic E-state index is 12.7. The molecule has 0 unspecified atom stereocenters. The zero-order valence-electron chi connectivity index (χ0n) is 17.8. The third-order valence-electron chi connectivity index (χ3n) is 4.66. The number of nitrogens with zero attached hydrogens (tertiary/aromatic N) is 2. The number of rotatable bonds is 10. The van der Waals surface area contributed by atoms with Crippen molar-refractivity contribution < 1.29 is 14.3 Å². The Hall–Kier alpha value is -3.43. The number of nitrogens with one attached hydrogen (secondary N) is 2. The molecule has 164 valence electrons. The molecule has 0 bridgehead atoms. The second kappa shape index (κ2) is 10.4. The van der Waals surface area contributed by atoms with Gasteiger partial charge in [-0.1, -0.05) is 13.3 Å². The fraction of sp³-hybridized carbons (Fsp3) is 0.450. The van der Waals surface area contributed by atoms with Crippen molar-refractivity contribution in [2.75, 3.05) is 43.3 Å². The fourth-order valence-corrected chi connectivity index (χ4v) is 3.04. The lowest BCUT2D eigenvalue weighted by atomic mass is 10.2. The van der Waals surface area contributed by atoms with Crippen LogP contribution in [-0.4, -0.2) is 42.8 Å². The number of hydrogen-bond donors (Lipinski definition) is 3. The molecule has 0 radical (unpaired) electrons. The van der Waals surface area contributed by atoms with E-state index >= 15 is 0 Å². The lowest BCUT2D eigenvalue weighted by molar-refractivity contribution is -0.115. The van der Waals surface area contributed by atoms with Gasteiger partial charge in [-0.2, -0.15) is 0 Å². The number of nitrogens with two attached hydrogens (primary N) is 1. The first-order valence-corrected chi connectivity index (χ1v) is 9.75. The van der Waals surface area contributed by atoms with Crippen LogP contribution in [0.3, 0.4) is 0 Å². The lowest BCUT2D eigenvalue weighted by Crippen LogP contribution is -2.41. The Balaban J connectivity index is 2.30. The Morgan fingerprint density at radius 3 is 2.57 bits per heavy atom. The summed E-state index contributed by atoms with van der Waals surface area (Å²) in [4.78, 5) is 41.1. The SMILES string of the molecule is CCCCn1c(N)c(N(CC)CC(=O)Nc2cc(OC)ccc2OC)c(=O)[nH]c1=O. The van der Waals surface area contributed by atoms with Crippen LogP contribution in [0.1, 0.15) is 26.7 Å².